The monoisotopic (exact) mass is 327 g/mol. The predicted molar refractivity (Wildman–Crippen MR) is 87.6 cm³/mol. The van der Waals surface area contributed by atoms with Crippen LogP contribution in [0, 0.1) is 0 Å². The Morgan fingerprint density at radius 2 is 2.17 bits per heavy atom. The molecule has 24 heavy (non-hydrogen) atoms. The lowest BCUT2D eigenvalue weighted by molar-refractivity contribution is 0.0601. The number of nitrogens with zero attached hydrogens (tertiary/aromatic N) is 2. The first-order valence-electron chi connectivity index (χ1n) is 7.39. The van der Waals surface area contributed by atoms with Gasteiger partial charge in [0.05, 0.1) is 42.9 Å². The summed E-state index contributed by atoms with van der Waals surface area (Å²) in [6, 6.07) is 8.40. The highest BCUT2D eigenvalue weighted by atomic mass is 16.5. The lowest BCUT2D eigenvalue weighted by Gasteiger charge is -2.14. The van der Waals surface area contributed by atoms with Gasteiger partial charge in [-0.1, -0.05) is 0 Å². The minimum atomic E-state index is -0.463. The molecule has 0 aliphatic carbocycles. The summed E-state index contributed by atoms with van der Waals surface area (Å²) in [6.07, 6.45) is 1.62. The predicted octanol–water partition coefficient (Wildman–Crippen LogP) is 1.93. The van der Waals surface area contributed by atoms with Crippen LogP contribution < -0.4 is 5.56 Å². The second kappa shape index (κ2) is 6.67. The zero-order valence-corrected chi connectivity index (χ0v) is 13.4. The van der Waals surface area contributed by atoms with Crippen LogP contribution in [0.3, 0.4) is 0 Å². The average molecular weight is 327 g/mol. The van der Waals surface area contributed by atoms with Crippen LogP contribution in [0.5, 0.6) is 0 Å². The zero-order valence-electron chi connectivity index (χ0n) is 13.4. The van der Waals surface area contributed by atoms with E-state index in [1.54, 1.807) is 24.5 Å². The third-order valence-corrected chi connectivity index (χ3v) is 3.60. The molecule has 124 valence electrons. The number of furan rings is 1. The van der Waals surface area contributed by atoms with E-state index in [4.69, 9.17) is 9.15 Å². The first kappa shape index (κ1) is 15.9. The lowest BCUT2D eigenvalue weighted by Crippen LogP contribution is -2.21. The molecule has 0 aliphatic rings. The number of carbonyl (C=O) groups is 1. The second-order valence-electron chi connectivity index (χ2n) is 5.49. The van der Waals surface area contributed by atoms with Crippen molar-refractivity contribution in [1.82, 2.24) is 14.9 Å². The summed E-state index contributed by atoms with van der Waals surface area (Å²) in [5.74, 6) is 0.882. The van der Waals surface area contributed by atoms with E-state index in [-0.39, 0.29) is 5.56 Å². The summed E-state index contributed by atoms with van der Waals surface area (Å²) >= 11 is 0. The summed E-state index contributed by atoms with van der Waals surface area (Å²) in [4.78, 5) is 33.0. The molecule has 0 bridgehead atoms. The van der Waals surface area contributed by atoms with Gasteiger partial charge in [-0.2, -0.15) is 0 Å². The van der Waals surface area contributed by atoms with Crippen LogP contribution in [0.25, 0.3) is 10.9 Å². The Morgan fingerprint density at radius 3 is 2.88 bits per heavy atom. The maximum atomic E-state index is 12.2. The van der Waals surface area contributed by atoms with Crippen LogP contribution in [0.4, 0.5) is 0 Å². The Hall–Kier alpha value is -2.93. The fourth-order valence-corrected chi connectivity index (χ4v) is 2.49. The van der Waals surface area contributed by atoms with E-state index in [9.17, 15) is 9.59 Å². The smallest absolute Gasteiger partial charge is 0.337 e. The zero-order chi connectivity index (χ0) is 17.1. The second-order valence-corrected chi connectivity index (χ2v) is 5.49. The molecule has 0 saturated heterocycles. The summed E-state index contributed by atoms with van der Waals surface area (Å²) in [6.45, 7) is 1.03. The standard InChI is InChI=1S/C17H17N3O4/c1-20(9-12-4-3-7-24-12)10-15-18-14-8-11(17(22)23-2)5-6-13(14)16(21)19-15/h3-8H,9-10H2,1-2H3,(H,18,19,21). The van der Waals surface area contributed by atoms with Crippen molar-refractivity contribution in [3.05, 3.63) is 64.1 Å². The van der Waals surface area contributed by atoms with E-state index in [2.05, 4.69) is 9.97 Å². The molecular weight excluding hydrogens is 310 g/mol. The molecule has 3 rings (SSSR count). The van der Waals surface area contributed by atoms with Crippen molar-refractivity contribution in [2.75, 3.05) is 14.2 Å². The molecular formula is C17H17N3O4. The van der Waals surface area contributed by atoms with Gasteiger partial charge in [0, 0.05) is 0 Å². The Balaban J connectivity index is 1.88. The van der Waals surface area contributed by atoms with E-state index in [0.717, 1.165) is 5.76 Å². The van der Waals surface area contributed by atoms with Crippen molar-refractivity contribution in [3.8, 4) is 0 Å². The molecule has 0 amide bonds. The summed E-state index contributed by atoms with van der Waals surface area (Å²) in [7, 11) is 3.21. The number of fused-ring (bicyclic) bond motifs is 1. The van der Waals surface area contributed by atoms with Gasteiger partial charge >= 0.3 is 5.97 Å². The number of rotatable bonds is 5. The van der Waals surface area contributed by atoms with Crippen LogP contribution in [0.1, 0.15) is 21.9 Å². The third-order valence-electron chi connectivity index (χ3n) is 3.60. The molecule has 0 aliphatic heterocycles. The van der Waals surface area contributed by atoms with Gasteiger partial charge in [0.15, 0.2) is 0 Å². The van der Waals surface area contributed by atoms with Gasteiger partial charge in [0.1, 0.15) is 11.6 Å². The summed E-state index contributed by atoms with van der Waals surface area (Å²) in [5.41, 5.74) is 0.582. The van der Waals surface area contributed by atoms with Crippen LogP contribution in [-0.4, -0.2) is 35.0 Å². The van der Waals surface area contributed by atoms with Gasteiger partial charge in [-0.3, -0.25) is 9.69 Å². The van der Waals surface area contributed by atoms with Crippen LogP contribution in [0.2, 0.25) is 0 Å². The van der Waals surface area contributed by atoms with Crippen molar-refractivity contribution in [3.63, 3.8) is 0 Å². The highest BCUT2D eigenvalue weighted by Crippen LogP contribution is 2.12. The molecule has 1 aromatic carbocycles. The maximum absolute atomic E-state index is 12.2. The molecule has 2 heterocycles. The lowest BCUT2D eigenvalue weighted by atomic mass is 10.1. The van der Waals surface area contributed by atoms with Crippen molar-refractivity contribution < 1.29 is 13.9 Å². The molecule has 2 aromatic heterocycles. The van der Waals surface area contributed by atoms with Crippen molar-refractivity contribution in [2.45, 2.75) is 13.1 Å². The number of benzene rings is 1. The molecule has 0 unspecified atom stereocenters. The molecule has 0 saturated carbocycles. The number of methoxy groups -OCH3 is 1. The van der Waals surface area contributed by atoms with Crippen molar-refractivity contribution in [1.29, 1.82) is 0 Å². The van der Waals surface area contributed by atoms with Crippen LogP contribution in [-0.2, 0) is 17.8 Å². The quantitative estimate of drug-likeness (QED) is 0.720. The summed E-state index contributed by atoms with van der Waals surface area (Å²) in [5, 5.41) is 0.431. The SMILES string of the molecule is COC(=O)c1ccc2c(=O)[nH]c(CN(C)Cc3ccco3)nc2c1. The normalized spacial score (nSPS) is 11.1. The number of aromatic nitrogens is 2. The Labute approximate surface area is 137 Å². The van der Waals surface area contributed by atoms with Crippen LogP contribution in [0.15, 0.2) is 45.8 Å². The number of ether oxygens (including phenoxy) is 1. The average Bonchev–Trinajstić information content (AvgIpc) is 3.06. The van der Waals surface area contributed by atoms with E-state index < -0.39 is 5.97 Å². The van der Waals surface area contributed by atoms with Crippen LogP contribution >= 0.6 is 0 Å². The van der Waals surface area contributed by atoms with E-state index in [0.29, 0.717) is 35.4 Å². The van der Waals surface area contributed by atoms with Gasteiger partial charge in [-0.05, 0) is 37.4 Å². The topological polar surface area (TPSA) is 88.4 Å². The van der Waals surface area contributed by atoms with E-state index in [1.807, 2.05) is 24.1 Å². The van der Waals surface area contributed by atoms with Crippen molar-refractivity contribution >= 4 is 16.9 Å². The first-order valence-corrected chi connectivity index (χ1v) is 7.39. The number of H-pyrrole nitrogens is 1. The first-order chi connectivity index (χ1) is 11.6. The Morgan fingerprint density at radius 1 is 1.33 bits per heavy atom. The number of carbonyl (C=O) groups excluding carboxylic acids is 1. The van der Waals surface area contributed by atoms with Gasteiger partial charge < -0.3 is 14.1 Å². The number of nitrogens with one attached hydrogen (secondary N) is 1. The Kier molecular flexibility index (Phi) is 4.43. The summed E-state index contributed by atoms with van der Waals surface area (Å²) < 4.78 is 10.0. The van der Waals surface area contributed by atoms with Gasteiger partial charge in [0.25, 0.3) is 5.56 Å². The van der Waals surface area contributed by atoms with Gasteiger partial charge in [0.2, 0.25) is 0 Å². The molecule has 7 heteroatoms. The molecule has 3 aromatic rings. The minimum absolute atomic E-state index is 0.238. The third kappa shape index (κ3) is 3.36. The molecule has 0 fully saturated rings. The number of aromatic amines is 1. The number of hydrogen-bond donors (Lipinski definition) is 1. The highest BCUT2D eigenvalue weighted by Gasteiger charge is 2.11. The fourth-order valence-electron chi connectivity index (χ4n) is 2.49. The van der Waals surface area contributed by atoms with E-state index in [1.165, 1.54) is 7.11 Å². The molecule has 0 spiro atoms. The number of hydrogen-bond acceptors (Lipinski definition) is 6. The maximum Gasteiger partial charge on any atom is 0.337 e. The molecule has 0 radical (unpaired) electrons. The highest BCUT2D eigenvalue weighted by molar-refractivity contribution is 5.93. The van der Waals surface area contributed by atoms with Crippen molar-refractivity contribution in [2.24, 2.45) is 0 Å². The molecule has 1 N–H and O–H groups in total. The number of esters is 1. The Bertz CT molecular complexity index is 915. The van der Waals surface area contributed by atoms with Gasteiger partial charge in [-0.25, -0.2) is 9.78 Å². The largest absolute Gasteiger partial charge is 0.468 e. The van der Waals surface area contributed by atoms with E-state index >= 15 is 0 Å². The molecule has 0 atom stereocenters. The minimum Gasteiger partial charge on any atom is -0.468 e. The van der Waals surface area contributed by atoms with Gasteiger partial charge in [-0.15, -0.1) is 0 Å². The molecule has 7 nitrogen and oxygen atoms in total. The fraction of sp³-hybridized carbons (Fsp3) is 0.235.